The highest BCUT2D eigenvalue weighted by Crippen LogP contribution is 2.02. The number of aromatic carboxylic acids is 1. The van der Waals surface area contributed by atoms with E-state index in [9.17, 15) is 4.79 Å². The molecule has 0 spiro atoms. The zero-order valence-electron chi connectivity index (χ0n) is 8.03. The Kier molecular flexibility index (Phi) is 3.84. The quantitative estimate of drug-likeness (QED) is 0.694. The molecule has 5 heteroatoms. The van der Waals surface area contributed by atoms with Gasteiger partial charge in [-0.25, -0.2) is 9.78 Å². The lowest BCUT2D eigenvalue weighted by molar-refractivity contribution is 0.0690. The van der Waals surface area contributed by atoms with Gasteiger partial charge >= 0.3 is 5.97 Å². The smallest absolute Gasteiger partial charge is 0.356 e. The van der Waals surface area contributed by atoms with Crippen molar-refractivity contribution in [3.63, 3.8) is 0 Å². The fourth-order valence-electron chi connectivity index (χ4n) is 0.947. The predicted molar refractivity (Wildman–Crippen MR) is 52.4 cm³/mol. The molecule has 0 radical (unpaired) electrons. The molecule has 0 saturated heterocycles. The van der Waals surface area contributed by atoms with E-state index in [0.29, 0.717) is 5.82 Å². The first-order valence-electron chi connectivity index (χ1n) is 4.53. The summed E-state index contributed by atoms with van der Waals surface area (Å²) < 4.78 is 0. The Morgan fingerprint density at radius 1 is 1.57 bits per heavy atom. The first-order chi connectivity index (χ1) is 6.74. The van der Waals surface area contributed by atoms with Crippen LogP contribution >= 0.6 is 0 Å². The summed E-state index contributed by atoms with van der Waals surface area (Å²) in [7, 11) is 0. The Labute approximate surface area is 82.2 Å². The number of hydrogen-bond acceptors (Lipinski definition) is 4. The van der Waals surface area contributed by atoms with Gasteiger partial charge in [-0.15, -0.1) is 0 Å². The molecule has 2 N–H and O–H groups in total. The van der Waals surface area contributed by atoms with Crippen LogP contribution in [0.25, 0.3) is 0 Å². The van der Waals surface area contributed by atoms with E-state index in [-0.39, 0.29) is 5.69 Å². The minimum absolute atomic E-state index is 0.0356. The zero-order chi connectivity index (χ0) is 10.4. The number of carboxylic acids is 1. The van der Waals surface area contributed by atoms with Crippen molar-refractivity contribution in [3.8, 4) is 0 Å². The van der Waals surface area contributed by atoms with Crippen LogP contribution in [0.2, 0.25) is 0 Å². The number of unbranched alkanes of at least 4 members (excludes halogenated alkanes) is 1. The second-order valence-electron chi connectivity index (χ2n) is 2.88. The molecule has 0 aliphatic rings. The lowest BCUT2D eigenvalue weighted by atomic mass is 10.3. The van der Waals surface area contributed by atoms with Crippen LogP contribution in [0.5, 0.6) is 0 Å². The summed E-state index contributed by atoms with van der Waals surface area (Å²) in [5.74, 6) is -0.546. The van der Waals surface area contributed by atoms with Crippen molar-refractivity contribution in [3.05, 3.63) is 18.1 Å². The zero-order valence-corrected chi connectivity index (χ0v) is 8.03. The lowest BCUT2D eigenvalue weighted by Crippen LogP contribution is -2.07. The lowest BCUT2D eigenvalue weighted by Gasteiger charge is -2.03. The van der Waals surface area contributed by atoms with Crippen LogP contribution < -0.4 is 5.32 Å². The monoisotopic (exact) mass is 195 g/mol. The fraction of sp³-hybridized carbons (Fsp3) is 0.444. The number of carbonyl (C=O) groups is 1. The average molecular weight is 195 g/mol. The van der Waals surface area contributed by atoms with E-state index in [4.69, 9.17) is 5.11 Å². The Hall–Kier alpha value is -1.65. The van der Waals surface area contributed by atoms with Crippen molar-refractivity contribution in [2.45, 2.75) is 19.8 Å². The largest absolute Gasteiger partial charge is 0.476 e. The van der Waals surface area contributed by atoms with Crippen molar-refractivity contribution < 1.29 is 9.90 Å². The molecule has 1 aromatic rings. The summed E-state index contributed by atoms with van der Waals surface area (Å²) in [6.07, 6.45) is 4.85. The van der Waals surface area contributed by atoms with E-state index in [1.54, 1.807) is 0 Å². The maximum Gasteiger partial charge on any atom is 0.356 e. The van der Waals surface area contributed by atoms with Gasteiger partial charge in [-0.2, -0.15) is 0 Å². The Morgan fingerprint density at radius 3 is 3.00 bits per heavy atom. The molecule has 0 atom stereocenters. The summed E-state index contributed by atoms with van der Waals surface area (Å²) in [5, 5.41) is 11.7. The maximum absolute atomic E-state index is 10.6. The molecule has 5 nitrogen and oxygen atoms in total. The molecule has 0 aliphatic heterocycles. The summed E-state index contributed by atoms with van der Waals surface area (Å²) in [6.45, 7) is 2.87. The molecule has 1 aromatic heterocycles. The van der Waals surface area contributed by atoms with Gasteiger partial charge in [0.2, 0.25) is 0 Å². The van der Waals surface area contributed by atoms with Crippen molar-refractivity contribution in [1.82, 2.24) is 9.97 Å². The van der Waals surface area contributed by atoms with Crippen LogP contribution in [0.15, 0.2) is 12.4 Å². The minimum Gasteiger partial charge on any atom is -0.476 e. The second-order valence-corrected chi connectivity index (χ2v) is 2.88. The Bertz CT molecular complexity index is 315. The third kappa shape index (κ3) is 3.01. The number of carboxylic acid groups (broad SMARTS) is 1. The minimum atomic E-state index is -1.06. The summed E-state index contributed by atoms with van der Waals surface area (Å²) in [6, 6.07) is 0. The number of hydrogen-bond donors (Lipinski definition) is 2. The molecular formula is C9H13N3O2. The van der Waals surface area contributed by atoms with E-state index in [2.05, 4.69) is 22.2 Å². The fourth-order valence-corrected chi connectivity index (χ4v) is 0.947. The number of nitrogens with one attached hydrogen (secondary N) is 1. The van der Waals surface area contributed by atoms with E-state index in [0.717, 1.165) is 19.4 Å². The van der Waals surface area contributed by atoms with Crippen LogP contribution in [0, 0.1) is 0 Å². The highest BCUT2D eigenvalue weighted by molar-refractivity contribution is 5.85. The van der Waals surface area contributed by atoms with Gasteiger partial charge in [0.1, 0.15) is 5.82 Å². The Morgan fingerprint density at radius 2 is 2.36 bits per heavy atom. The summed E-state index contributed by atoms with van der Waals surface area (Å²) in [4.78, 5) is 18.2. The predicted octanol–water partition coefficient (Wildman–Crippen LogP) is 1.39. The highest BCUT2D eigenvalue weighted by Gasteiger charge is 2.04. The van der Waals surface area contributed by atoms with E-state index >= 15 is 0 Å². The van der Waals surface area contributed by atoms with Crippen LogP contribution in [0.3, 0.4) is 0 Å². The van der Waals surface area contributed by atoms with Crippen LogP contribution in [-0.2, 0) is 0 Å². The van der Waals surface area contributed by atoms with Crippen molar-refractivity contribution >= 4 is 11.8 Å². The molecule has 0 fully saturated rings. The molecule has 0 saturated carbocycles. The van der Waals surface area contributed by atoms with Gasteiger partial charge in [0.05, 0.1) is 12.4 Å². The van der Waals surface area contributed by atoms with E-state index in [1.165, 1.54) is 12.4 Å². The summed E-state index contributed by atoms with van der Waals surface area (Å²) >= 11 is 0. The van der Waals surface area contributed by atoms with Crippen LogP contribution in [-0.4, -0.2) is 27.6 Å². The summed E-state index contributed by atoms with van der Waals surface area (Å²) in [5.41, 5.74) is -0.0356. The van der Waals surface area contributed by atoms with Gasteiger partial charge in [0, 0.05) is 6.54 Å². The number of anilines is 1. The van der Waals surface area contributed by atoms with E-state index < -0.39 is 5.97 Å². The topological polar surface area (TPSA) is 75.1 Å². The number of nitrogens with zero attached hydrogens (tertiary/aromatic N) is 2. The van der Waals surface area contributed by atoms with Crippen LogP contribution in [0.1, 0.15) is 30.3 Å². The van der Waals surface area contributed by atoms with Crippen molar-refractivity contribution in [2.75, 3.05) is 11.9 Å². The molecule has 1 heterocycles. The third-order valence-corrected chi connectivity index (χ3v) is 1.69. The molecule has 0 bridgehead atoms. The van der Waals surface area contributed by atoms with E-state index in [1.807, 2.05) is 0 Å². The average Bonchev–Trinajstić information content (AvgIpc) is 2.19. The first kappa shape index (κ1) is 10.4. The molecule has 14 heavy (non-hydrogen) atoms. The van der Waals surface area contributed by atoms with Gasteiger partial charge < -0.3 is 10.4 Å². The van der Waals surface area contributed by atoms with Gasteiger partial charge in [0.25, 0.3) is 0 Å². The van der Waals surface area contributed by atoms with Crippen LogP contribution in [0.4, 0.5) is 5.82 Å². The second kappa shape index (κ2) is 5.16. The standard InChI is InChI=1S/C9H13N3O2/c1-2-3-4-11-8-6-10-5-7(12-8)9(13)14/h5-6H,2-4H2,1H3,(H,11,12)(H,13,14). The molecule has 0 aromatic carbocycles. The van der Waals surface area contributed by atoms with Gasteiger partial charge in [-0.3, -0.25) is 4.98 Å². The number of rotatable bonds is 5. The molecule has 0 unspecified atom stereocenters. The SMILES string of the molecule is CCCCNc1cncc(C(=O)O)n1. The molecular weight excluding hydrogens is 182 g/mol. The van der Waals surface area contributed by atoms with Crippen molar-refractivity contribution in [2.24, 2.45) is 0 Å². The van der Waals surface area contributed by atoms with Gasteiger partial charge in [-0.1, -0.05) is 13.3 Å². The van der Waals surface area contributed by atoms with Gasteiger partial charge in [0.15, 0.2) is 5.69 Å². The third-order valence-electron chi connectivity index (χ3n) is 1.69. The Balaban J connectivity index is 2.59. The normalized spacial score (nSPS) is 9.79. The number of aromatic nitrogens is 2. The molecule has 0 aliphatic carbocycles. The molecule has 76 valence electrons. The van der Waals surface area contributed by atoms with Gasteiger partial charge in [-0.05, 0) is 6.42 Å². The highest BCUT2D eigenvalue weighted by atomic mass is 16.4. The first-order valence-corrected chi connectivity index (χ1v) is 4.53. The maximum atomic E-state index is 10.6. The molecule has 1 rings (SSSR count). The molecule has 0 amide bonds. The van der Waals surface area contributed by atoms with Crippen molar-refractivity contribution in [1.29, 1.82) is 0 Å².